The van der Waals surface area contributed by atoms with Gasteiger partial charge >= 0.3 is 0 Å². The van der Waals surface area contributed by atoms with Gasteiger partial charge in [-0.05, 0) is 72.5 Å². The van der Waals surface area contributed by atoms with Gasteiger partial charge < -0.3 is 14.9 Å². The van der Waals surface area contributed by atoms with Crippen LogP contribution in [-0.2, 0) is 5.41 Å². The van der Waals surface area contributed by atoms with Crippen LogP contribution >= 0.6 is 0 Å². The first-order valence-corrected chi connectivity index (χ1v) is 11.2. The molecule has 2 aliphatic carbocycles. The van der Waals surface area contributed by atoms with Crippen molar-refractivity contribution in [3.8, 4) is 5.75 Å². The van der Waals surface area contributed by atoms with Crippen molar-refractivity contribution in [3.05, 3.63) is 42.0 Å². The zero-order chi connectivity index (χ0) is 21.4. The molecular formula is C26H40O3. The smallest absolute Gasteiger partial charge is 0.119 e. The summed E-state index contributed by atoms with van der Waals surface area (Å²) in [4.78, 5) is 0. The van der Waals surface area contributed by atoms with Crippen LogP contribution in [0.2, 0.25) is 0 Å². The van der Waals surface area contributed by atoms with Gasteiger partial charge in [-0.15, -0.1) is 0 Å². The topological polar surface area (TPSA) is 49.7 Å². The van der Waals surface area contributed by atoms with Gasteiger partial charge in [-0.1, -0.05) is 58.9 Å². The lowest BCUT2D eigenvalue weighted by molar-refractivity contribution is -0.152. The Morgan fingerprint density at radius 1 is 1.14 bits per heavy atom. The van der Waals surface area contributed by atoms with Crippen LogP contribution in [0.4, 0.5) is 0 Å². The molecule has 0 saturated heterocycles. The van der Waals surface area contributed by atoms with E-state index in [-0.39, 0.29) is 17.4 Å². The molecule has 2 N–H and O–H groups in total. The highest BCUT2D eigenvalue weighted by Crippen LogP contribution is 2.61. The summed E-state index contributed by atoms with van der Waals surface area (Å²) in [5, 5.41) is 20.8. The molecule has 1 aromatic rings. The molecule has 2 aliphatic rings. The number of ether oxygens (including phenoxy) is 1. The fourth-order valence-corrected chi connectivity index (χ4v) is 6.08. The van der Waals surface area contributed by atoms with Crippen molar-refractivity contribution in [2.45, 2.75) is 78.2 Å². The van der Waals surface area contributed by atoms with Gasteiger partial charge in [0.05, 0.1) is 19.3 Å². The van der Waals surface area contributed by atoms with Crippen LogP contribution in [0, 0.1) is 22.7 Å². The summed E-state index contributed by atoms with van der Waals surface area (Å²) >= 11 is 0. The van der Waals surface area contributed by atoms with Gasteiger partial charge in [-0.25, -0.2) is 0 Å². The first kappa shape index (κ1) is 22.4. The van der Waals surface area contributed by atoms with Gasteiger partial charge in [0.25, 0.3) is 0 Å². The molecule has 0 heterocycles. The van der Waals surface area contributed by atoms with E-state index in [1.54, 1.807) is 0 Å². The molecular weight excluding hydrogens is 360 g/mol. The number of benzene rings is 1. The summed E-state index contributed by atoms with van der Waals surface area (Å²) < 4.78 is 6.11. The third-order valence-corrected chi connectivity index (χ3v) is 8.09. The summed E-state index contributed by atoms with van der Waals surface area (Å²) in [6.07, 6.45) is 4.24. The number of hydrogen-bond donors (Lipinski definition) is 2. The molecule has 3 heteroatoms. The Hall–Kier alpha value is -1.32. The molecule has 3 nitrogen and oxygen atoms in total. The summed E-state index contributed by atoms with van der Waals surface area (Å²) in [7, 11) is 0. The molecule has 0 aliphatic heterocycles. The van der Waals surface area contributed by atoms with Crippen molar-refractivity contribution in [2.75, 3.05) is 13.2 Å². The number of allylic oxidation sites excluding steroid dienone is 1. The molecule has 0 aromatic heterocycles. The van der Waals surface area contributed by atoms with E-state index >= 15 is 0 Å². The van der Waals surface area contributed by atoms with Gasteiger partial charge in [0.1, 0.15) is 5.75 Å². The minimum absolute atomic E-state index is 0.0459. The van der Waals surface area contributed by atoms with E-state index in [2.05, 4.69) is 65.5 Å². The normalized spacial score (nSPS) is 35.3. The average molecular weight is 401 g/mol. The van der Waals surface area contributed by atoms with Gasteiger partial charge in [0.2, 0.25) is 0 Å². The fourth-order valence-electron chi connectivity index (χ4n) is 6.08. The van der Waals surface area contributed by atoms with Crippen LogP contribution in [0.3, 0.4) is 0 Å². The van der Waals surface area contributed by atoms with Crippen molar-refractivity contribution in [1.29, 1.82) is 0 Å². The van der Waals surface area contributed by atoms with Crippen molar-refractivity contribution < 1.29 is 14.9 Å². The van der Waals surface area contributed by atoms with E-state index < -0.39 is 11.5 Å². The summed E-state index contributed by atoms with van der Waals surface area (Å²) in [6.45, 7) is 16.2. The van der Waals surface area contributed by atoms with Crippen LogP contribution < -0.4 is 4.74 Å². The highest BCUT2D eigenvalue weighted by molar-refractivity contribution is 5.31. The molecule has 1 unspecified atom stereocenters. The minimum atomic E-state index is -0.421. The third-order valence-electron chi connectivity index (χ3n) is 8.09. The van der Waals surface area contributed by atoms with Crippen molar-refractivity contribution in [2.24, 2.45) is 22.7 Å². The van der Waals surface area contributed by atoms with Crippen LogP contribution in [-0.4, -0.2) is 29.5 Å². The Bertz CT molecular complexity index is 716. The standard InChI is InChI=1S/C26H40O3/c1-18-7-12-22-25(5,15-13-23(28)26(22,6)17-27)21(18)14-16-29-20-10-8-19(9-11-20)24(2,3)4/h8-11,21-23,27-28H,1,7,12-17H2,2-6H3/t21-,22?,23-,25+,26+/m1/s1. The summed E-state index contributed by atoms with van der Waals surface area (Å²) in [5.74, 6) is 1.60. The molecule has 0 spiro atoms. The quantitative estimate of drug-likeness (QED) is 0.642. The second-order valence-corrected chi connectivity index (χ2v) is 10.9. The first-order valence-electron chi connectivity index (χ1n) is 11.2. The van der Waals surface area contributed by atoms with E-state index in [0.29, 0.717) is 18.4 Å². The van der Waals surface area contributed by atoms with Crippen molar-refractivity contribution in [3.63, 3.8) is 0 Å². The zero-order valence-corrected chi connectivity index (χ0v) is 19.0. The Kier molecular flexibility index (Phi) is 6.23. The number of rotatable bonds is 5. The first-order chi connectivity index (χ1) is 13.5. The highest BCUT2D eigenvalue weighted by Gasteiger charge is 2.57. The maximum atomic E-state index is 10.6. The maximum Gasteiger partial charge on any atom is 0.119 e. The van der Waals surface area contributed by atoms with E-state index in [1.165, 1.54) is 11.1 Å². The Labute approximate surface area is 177 Å². The molecule has 0 amide bonds. The summed E-state index contributed by atoms with van der Waals surface area (Å²) in [5.41, 5.74) is 2.41. The van der Waals surface area contributed by atoms with Crippen LogP contribution in [0.5, 0.6) is 5.75 Å². The Balaban J connectivity index is 1.69. The molecule has 0 bridgehead atoms. The predicted molar refractivity (Wildman–Crippen MR) is 119 cm³/mol. The van der Waals surface area contributed by atoms with E-state index in [1.807, 2.05) is 0 Å². The molecule has 2 fully saturated rings. The number of aliphatic hydroxyl groups is 2. The number of hydrogen-bond acceptors (Lipinski definition) is 3. The second kappa shape index (κ2) is 8.07. The average Bonchev–Trinajstić information content (AvgIpc) is 2.67. The minimum Gasteiger partial charge on any atom is -0.494 e. The molecule has 1 aromatic carbocycles. The van der Waals surface area contributed by atoms with E-state index in [4.69, 9.17) is 4.74 Å². The maximum absolute atomic E-state index is 10.6. The number of aliphatic hydroxyl groups excluding tert-OH is 2. The molecule has 2 saturated carbocycles. The zero-order valence-electron chi connectivity index (χ0n) is 19.0. The van der Waals surface area contributed by atoms with Gasteiger partial charge in [0, 0.05) is 5.41 Å². The van der Waals surface area contributed by atoms with Gasteiger partial charge in [-0.3, -0.25) is 0 Å². The van der Waals surface area contributed by atoms with E-state index in [9.17, 15) is 10.2 Å². The molecule has 3 rings (SSSR count). The number of fused-ring (bicyclic) bond motifs is 1. The van der Waals surface area contributed by atoms with E-state index in [0.717, 1.165) is 37.9 Å². The lowest BCUT2D eigenvalue weighted by Gasteiger charge is -2.60. The third kappa shape index (κ3) is 4.14. The Morgan fingerprint density at radius 2 is 1.79 bits per heavy atom. The van der Waals surface area contributed by atoms with Gasteiger partial charge in [-0.2, -0.15) is 0 Å². The van der Waals surface area contributed by atoms with Crippen LogP contribution in [0.1, 0.15) is 72.3 Å². The van der Waals surface area contributed by atoms with Gasteiger partial charge in [0.15, 0.2) is 0 Å². The fraction of sp³-hybridized carbons (Fsp3) is 0.692. The summed E-state index contributed by atoms with van der Waals surface area (Å²) in [6, 6.07) is 8.45. The van der Waals surface area contributed by atoms with Crippen molar-refractivity contribution in [1.82, 2.24) is 0 Å². The Morgan fingerprint density at radius 3 is 2.38 bits per heavy atom. The predicted octanol–water partition coefficient (Wildman–Crippen LogP) is 5.50. The highest BCUT2D eigenvalue weighted by atomic mass is 16.5. The lowest BCUT2D eigenvalue weighted by Crippen LogP contribution is -2.57. The molecule has 0 radical (unpaired) electrons. The van der Waals surface area contributed by atoms with Crippen LogP contribution in [0.25, 0.3) is 0 Å². The second-order valence-electron chi connectivity index (χ2n) is 10.9. The van der Waals surface area contributed by atoms with Crippen molar-refractivity contribution >= 4 is 0 Å². The van der Waals surface area contributed by atoms with Crippen LogP contribution in [0.15, 0.2) is 36.4 Å². The monoisotopic (exact) mass is 400 g/mol. The largest absolute Gasteiger partial charge is 0.494 e. The molecule has 5 atom stereocenters. The molecule has 162 valence electrons. The molecule has 29 heavy (non-hydrogen) atoms. The SMILES string of the molecule is C=C1CCC2[C@](C)(CO)[C@H](O)CC[C@@]2(C)[C@@H]1CCOc1ccc(C(C)(C)C)cc1. The lowest BCUT2D eigenvalue weighted by atomic mass is 9.46.